The third-order valence-electron chi connectivity index (χ3n) is 5.34. The van der Waals surface area contributed by atoms with E-state index in [1.165, 1.54) is 12.1 Å². The Hall–Kier alpha value is -4.26. The number of hydrogen-bond acceptors (Lipinski definition) is 5. The van der Waals surface area contributed by atoms with Crippen LogP contribution in [0.1, 0.15) is 50.2 Å². The number of carboxylic acids is 1. The molecule has 166 valence electrons. The molecular weight excluding hydrogens is 420 g/mol. The van der Waals surface area contributed by atoms with Gasteiger partial charge in [-0.15, -0.1) is 0 Å². The monoisotopic (exact) mass is 442 g/mol. The molecule has 2 N–H and O–H groups in total. The Morgan fingerprint density at radius 1 is 0.970 bits per heavy atom. The summed E-state index contributed by atoms with van der Waals surface area (Å²) in [5.74, 6) is -1.47. The third kappa shape index (κ3) is 4.98. The molecule has 0 radical (unpaired) electrons. The first-order valence-corrected chi connectivity index (χ1v) is 10.6. The van der Waals surface area contributed by atoms with Gasteiger partial charge in [-0.05, 0) is 72.5 Å². The summed E-state index contributed by atoms with van der Waals surface area (Å²) >= 11 is 0. The standard InChI is InChI=1S/C26H22N2O5/c1-2-33-26(32)23-15-20-13-18(8-9-21(20)28-23)19-11-12-27-22(14-19)24(29)10-5-16-3-6-17(7-4-16)25(30)31/h3-4,6-9,11-15,28H,2,5,10H2,1H3,(H,30,31). The number of rotatable bonds is 8. The molecule has 7 nitrogen and oxygen atoms in total. The molecular formula is C26H22N2O5. The van der Waals surface area contributed by atoms with Crippen LogP contribution in [0.2, 0.25) is 0 Å². The number of Topliss-reactive ketones (excluding diaryl/α,β-unsaturated/α-hetero) is 1. The Morgan fingerprint density at radius 2 is 1.73 bits per heavy atom. The molecule has 2 aromatic heterocycles. The molecule has 0 aliphatic carbocycles. The van der Waals surface area contributed by atoms with Crippen molar-refractivity contribution in [2.24, 2.45) is 0 Å². The van der Waals surface area contributed by atoms with Crippen molar-refractivity contribution in [2.75, 3.05) is 6.61 Å². The van der Waals surface area contributed by atoms with Crippen LogP contribution < -0.4 is 0 Å². The number of benzene rings is 2. The van der Waals surface area contributed by atoms with Crippen LogP contribution in [0.15, 0.2) is 66.9 Å². The molecule has 0 amide bonds. The maximum absolute atomic E-state index is 12.7. The maximum Gasteiger partial charge on any atom is 0.354 e. The normalized spacial score (nSPS) is 10.8. The number of carbonyl (C=O) groups is 3. The highest BCUT2D eigenvalue weighted by Gasteiger charge is 2.13. The summed E-state index contributed by atoms with van der Waals surface area (Å²) in [6, 6.07) is 17.6. The number of aromatic nitrogens is 2. The average Bonchev–Trinajstić information content (AvgIpc) is 3.27. The van der Waals surface area contributed by atoms with Crippen LogP contribution in [0.5, 0.6) is 0 Å². The molecule has 0 bridgehead atoms. The number of nitrogens with one attached hydrogen (secondary N) is 1. The lowest BCUT2D eigenvalue weighted by atomic mass is 10.0. The number of carbonyl (C=O) groups excluding carboxylic acids is 2. The molecule has 0 saturated heterocycles. The minimum absolute atomic E-state index is 0.0912. The number of esters is 1. The van der Waals surface area contributed by atoms with Gasteiger partial charge < -0.3 is 14.8 Å². The van der Waals surface area contributed by atoms with E-state index in [0.717, 1.165) is 27.6 Å². The van der Waals surface area contributed by atoms with Gasteiger partial charge in [0.1, 0.15) is 11.4 Å². The molecule has 7 heteroatoms. The van der Waals surface area contributed by atoms with Crippen LogP contribution in [-0.4, -0.2) is 39.4 Å². The van der Waals surface area contributed by atoms with Gasteiger partial charge in [0.15, 0.2) is 5.78 Å². The van der Waals surface area contributed by atoms with Crippen molar-refractivity contribution in [1.82, 2.24) is 9.97 Å². The molecule has 0 unspecified atom stereocenters. The summed E-state index contributed by atoms with van der Waals surface area (Å²) in [7, 11) is 0. The molecule has 4 rings (SSSR count). The molecule has 0 atom stereocenters. The number of nitrogens with zero attached hydrogens (tertiary/aromatic N) is 1. The van der Waals surface area contributed by atoms with Crippen molar-refractivity contribution in [3.8, 4) is 11.1 Å². The Morgan fingerprint density at radius 3 is 2.45 bits per heavy atom. The lowest BCUT2D eigenvalue weighted by Crippen LogP contribution is -2.04. The number of aryl methyl sites for hydroxylation is 1. The zero-order chi connectivity index (χ0) is 23.4. The minimum atomic E-state index is -0.978. The highest BCUT2D eigenvalue weighted by atomic mass is 16.5. The zero-order valence-electron chi connectivity index (χ0n) is 18.0. The number of hydrogen-bond donors (Lipinski definition) is 2. The van der Waals surface area contributed by atoms with Crippen molar-refractivity contribution in [3.63, 3.8) is 0 Å². The fourth-order valence-corrected chi connectivity index (χ4v) is 3.59. The highest BCUT2D eigenvalue weighted by Crippen LogP contribution is 2.26. The van der Waals surface area contributed by atoms with E-state index >= 15 is 0 Å². The summed E-state index contributed by atoms with van der Waals surface area (Å²) in [6.07, 6.45) is 2.37. The molecule has 0 aliphatic rings. The number of ether oxygens (including phenoxy) is 1. The second-order valence-corrected chi connectivity index (χ2v) is 7.56. The van der Waals surface area contributed by atoms with Gasteiger partial charge in [0.25, 0.3) is 0 Å². The van der Waals surface area contributed by atoms with Gasteiger partial charge >= 0.3 is 11.9 Å². The average molecular weight is 442 g/mol. The number of fused-ring (bicyclic) bond motifs is 1. The number of H-pyrrole nitrogens is 1. The maximum atomic E-state index is 12.7. The number of aromatic carboxylic acids is 1. The topological polar surface area (TPSA) is 109 Å². The fourth-order valence-electron chi connectivity index (χ4n) is 3.59. The first-order chi connectivity index (χ1) is 15.9. The summed E-state index contributed by atoms with van der Waals surface area (Å²) in [4.78, 5) is 42.9. The van der Waals surface area contributed by atoms with Gasteiger partial charge in [0, 0.05) is 23.5 Å². The summed E-state index contributed by atoms with van der Waals surface area (Å²) < 4.78 is 5.04. The smallest absolute Gasteiger partial charge is 0.354 e. The van der Waals surface area contributed by atoms with Crippen molar-refractivity contribution < 1.29 is 24.2 Å². The van der Waals surface area contributed by atoms with Gasteiger partial charge in [-0.1, -0.05) is 18.2 Å². The van der Waals surface area contributed by atoms with E-state index in [4.69, 9.17) is 9.84 Å². The van der Waals surface area contributed by atoms with Crippen molar-refractivity contribution in [3.05, 3.63) is 89.4 Å². The van der Waals surface area contributed by atoms with E-state index in [0.29, 0.717) is 24.4 Å². The number of pyridine rings is 1. The van der Waals surface area contributed by atoms with Crippen molar-refractivity contribution in [1.29, 1.82) is 0 Å². The predicted octanol–water partition coefficient (Wildman–Crippen LogP) is 4.92. The number of carboxylic acid groups (broad SMARTS) is 1. The molecule has 2 aromatic carbocycles. The van der Waals surface area contributed by atoms with E-state index < -0.39 is 11.9 Å². The first-order valence-electron chi connectivity index (χ1n) is 10.6. The Balaban J connectivity index is 1.49. The quantitative estimate of drug-likeness (QED) is 0.296. The van der Waals surface area contributed by atoms with E-state index in [-0.39, 0.29) is 17.8 Å². The van der Waals surface area contributed by atoms with Crippen molar-refractivity contribution in [2.45, 2.75) is 19.8 Å². The van der Waals surface area contributed by atoms with Gasteiger partial charge in [0.05, 0.1) is 12.2 Å². The Kier molecular flexibility index (Phi) is 6.31. The third-order valence-corrected chi connectivity index (χ3v) is 5.34. The van der Waals surface area contributed by atoms with E-state index in [2.05, 4.69) is 9.97 Å². The number of aromatic amines is 1. The van der Waals surface area contributed by atoms with Crippen LogP contribution in [0.25, 0.3) is 22.0 Å². The molecule has 0 fully saturated rings. The molecule has 0 saturated carbocycles. The highest BCUT2D eigenvalue weighted by molar-refractivity contribution is 5.97. The van der Waals surface area contributed by atoms with Crippen LogP contribution >= 0.6 is 0 Å². The zero-order valence-corrected chi connectivity index (χ0v) is 18.0. The number of ketones is 1. The summed E-state index contributed by atoms with van der Waals surface area (Å²) in [5.41, 5.74) is 4.44. The lowest BCUT2D eigenvalue weighted by Gasteiger charge is -2.06. The van der Waals surface area contributed by atoms with Crippen LogP contribution in [0.4, 0.5) is 0 Å². The lowest BCUT2D eigenvalue weighted by molar-refractivity contribution is 0.0520. The van der Waals surface area contributed by atoms with Gasteiger partial charge in [-0.2, -0.15) is 0 Å². The summed E-state index contributed by atoms with van der Waals surface area (Å²) in [6.45, 7) is 2.07. The van der Waals surface area contributed by atoms with E-state index in [9.17, 15) is 14.4 Å². The van der Waals surface area contributed by atoms with Gasteiger partial charge in [0.2, 0.25) is 0 Å². The van der Waals surface area contributed by atoms with E-state index in [1.807, 2.05) is 24.3 Å². The molecule has 4 aromatic rings. The fraction of sp³-hybridized carbons (Fsp3) is 0.154. The molecule has 33 heavy (non-hydrogen) atoms. The second kappa shape index (κ2) is 9.48. The molecule has 0 spiro atoms. The molecule has 2 heterocycles. The van der Waals surface area contributed by atoms with Crippen molar-refractivity contribution >= 4 is 28.6 Å². The van der Waals surface area contributed by atoms with Gasteiger partial charge in [-0.25, -0.2) is 9.59 Å². The Labute approximate surface area is 190 Å². The second-order valence-electron chi connectivity index (χ2n) is 7.56. The predicted molar refractivity (Wildman–Crippen MR) is 124 cm³/mol. The minimum Gasteiger partial charge on any atom is -0.478 e. The molecule has 0 aliphatic heterocycles. The largest absolute Gasteiger partial charge is 0.478 e. The van der Waals surface area contributed by atoms with Gasteiger partial charge in [-0.3, -0.25) is 9.78 Å². The SMILES string of the molecule is CCOC(=O)c1cc2cc(-c3ccnc(C(=O)CCc4ccc(C(=O)O)cc4)c3)ccc2[nH]1. The van der Waals surface area contributed by atoms with Crippen LogP contribution in [0, 0.1) is 0 Å². The first kappa shape index (κ1) is 22.0. The van der Waals surface area contributed by atoms with Crippen LogP contribution in [-0.2, 0) is 11.2 Å². The van der Waals surface area contributed by atoms with Crippen LogP contribution in [0.3, 0.4) is 0 Å². The Bertz CT molecular complexity index is 1340. The van der Waals surface area contributed by atoms with E-state index in [1.54, 1.807) is 37.4 Å². The summed E-state index contributed by atoms with van der Waals surface area (Å²) in [5, 5.41) is 9.85.